The molecule has 0 bridgehead atoms. The molecule has 198 valence electrons. The van der Waals surface area contributed by atoms with E-state index < -0.39 is 0 Å². The van der Waals surface area contributed by atoms with Crippen LogP contribution in [0.25, 0.3) is 16.7 Å². The molecular weight excluding hydrogens is 490 g/mol. The second-order valence-electron chi connectivity index (χ2n) is 9.61. The molecule has 0 saturated carbocycles. The van der Waals surface area contributed by atoms with Crippen LogP contribution in [-0.4, -0.2) is 40.3 Å². The number of nitrogens with one attached hydrogen (secondary N) is 1. The van der Waals surface area contributed by atoms with Gasteiger partial charge in [0.2, 0.25) is 11.8 Å². The van der Waals surface area contributed by atoms with Crippen molar-refractivity contribution in [2.45, 2.75) is 13.2 Å². The SMILES string of the molecule is Cn1c(=O)n(-c2ccc(OCc3ccccc3)nc2OCc2ccccc2)c2ccc(N3CCNCC3)cc21. The molecule has 1 aliphatic rings. The topological polar surface area (TPSA) is 73.5 Å². The van der Waals surface area contributed by atoms with Crippen LogP contribution in [0.5, 0.6) is 11.8 Å². The fraction of sp³-hybridized carbons (Fsp3) is 0.226. The number of hydrogen-bond acceptors (Lipinski definition) is 6. The van der Waals surface area contributed by atoms with Crippen molar-refractivity contribution in [1.29, 1.82) is 0 Å². The van der Waals surface area contributed by atoms with Crippen LogP contribution < -0.4 is 25.4 Å². The quantitative estimate of drug-likeness (QED) is 0.328. The van der Waals surface area contributed by atoms with E-state index in [0.29, 0.717) is 30.7 Å². The molecule has 1 aliphatic heterocycles. The predicted octanol–water partition coefficient (Wildman–Crippen LogP) is 4.29. The van der Waals surface area contributed by atoms with Gasteiger partial charge in [-0.1, -0.05) is 60.7 Å². The molecule has 5 aromatic rings. The minimum Gasteiger partial charge on any atom is -0.473 e. The Hall–Kier alpha value is -4.56. The predicted molar refractivity (Wildman–Crippen MR) is 153 cm³/mol. The van der Waals surface area contributed by atoms with Crippen molar-refractivity contribution < 1.29 is 9.47 Å². The first-order chi connectivity index (χ1) is 19.2. The van der Waals surface area contributed by atoms with E-state index >= 15 is 0 Å². The molecule has 1 saturated heterocycles. The lowest BCUT2D eigenvalue weighted by Crippen LogP contribution is -2.43. The summed E-state index contributed by atoms with van der Waals surface area (Å²) in [5.41, 5.74) is 5.23. The molecule has 0 aliphatic carbocycles. The molecule has 0 spiro atoms. The highest BCUT2D eigenvalue weighted by atomic mass is 16.5. The number of rotatable bonds is 8. The van der Waals surface area contributed by atoms with Crippen LogP contribution in [-0.2, 0) is 20.3 Å². The fourth-order valence-corrected chi connectivity index (χ4v) is 4.91. The van der Waals surface area contributed by atoms with Gasteiger partial charge in [0.1, 0.15) is 18.9 Å². The Balaban J connectivity index is 1.38. The Kier molecular flexibility index (Phi) is 7.01. The van der Waals surface area contributed by atoms with Gasteiger partial charge in [-0.15, -0.1) is 0 Å². The molecule has 0 radical (unpaired) electrons. The number of benzene rings is 3. The number of pyridine rings is 1. The van der Waals surface area contributed by atoms with Crippen LogP contribution in [0.1, 0.15) is 11.1 Å². The zero-order chi connectivity index (χ0) is 26.6. The monoisotopic (exact) mass is 521 g/mol. The summed E-state index contributed by atoms with van der Waals surface area (Å²) in [5.74, 6) is 0.769. The Labute approximate surface area is 227 Å². The van der Waals surface area contributed by atoms with Crippen molar-refractivity contribution >= 4 is 16.7 Å². The Morgan fingerprint density at radius 3 is 2.15 bits per heavy atom. The highest BCUT2D eigenvalue weighted by molar-refractivity contribution is 5.82. The molecule has 0 atom stereocenters. The van der Waals surface area contributed by atoms with Gasteiger partial charge in [-0.25, -0.2) is 4.79 Å². The standard InChI is InChI=1S/C31H31N5O3/c1-34-28-20-25(35-18-16-32-17-19-35)12-13-26(28)36(31(34)37)27-14-15-29(38-21-23-8-4-2-5-9-23)33-30(27)39-22-24-10-6-3-7-11-24/h2-15,20,32H,16-19,21-22H2,1H3. The maximum atomic E-state index is 13.6. The Bertz CT molecular complexity index is 1620. The lowest BCUT2D eigenvalue weighted by Gasteiger charge is -2.29. The van der Waals surface area contributed by atoms with E-state index in [1.165, 1.54) is 0 Å². The van der Waals surface area contributed by atoms with Crippen LogP contribution in [0, 0.1) is 0 Å². The smallest absolute Gasteiger partial charge is 0.333 e. The fourth-order valence-electron chi connectivity index (χ4n) is 4.91. The molecule has 8 heteroatoms. The van der Waals surface area contributed by atoms with Gasteiger partial charge >= 0.3 is 5.69 Å². The zero-order valence-electron chi connectivity index (χ0n) is 21.9. The van der Waals surface area contributed by atoms with Crippen LogP contribution in [0.4, 0.5) is 5.69 Å². The number of anilines is 1. The van der Waals surface area contributed by atoms with Gasteiger partial charge < -0.3 is 19.7 Å². The van der Waals surface area contributed by atoms with Crippen LogP contribution >= 0.6 is 0 Å². The molecule has 0 unspecified atom stereocenters. The first kappa shape index (κ1) is 24.8. The molecule has 0 amide bonds. The number of ether oxygens (including phenoxy) is 2. The van der Waals surface area contributed by atoms with Crippen molar-refractivity contribution in [2.75, 3.05) is 31.1 Å². The van der Waals surface area contributed by atoms with Gasteiger partial charge in [0.05, 0.1) is 11.0 Å². The van der Waals surface area contributed by atoms with Gasteiger partial charge in [0.25, 0.3) is 0 Å². The van der Waals surface area contributed by atoms with Gasteiger partial charge in [0.15, 0.2) is 0 Å². The lowest BCUT2D eigenvalue weighted by atomic mass is 10.2. The summed E-state index contributed by atoms with van der Waals surface area (Å²) in [5, 5.41) is 3.39. The minimum atomic E-state index is -0.160. The number of fused-ring (bicyclic) bond motifs is 1. The lowest BCUT2D eigenvalue weighted by molar-refractivity contribution is 0.267. The van der Waals surface area contributed by atoms with E-state index in [9.17, 15) is 4.79 Å². The second-order valence-corrected chi connectivity index (χ2v) is 9.61. The number of piperazine rings is 1. The van der Waals surface area contributed by atoms with E-state index in [1.54, 1.807) is 22.2 Å². The molecule has 8 nitrogen and oxygen atoms in total. The third kappa shape index (κ3) is 5.24. The van der Waals surface area contributed by atoms with Crippen molar-refractivity contribution in [3.05, 3.63) is 113 Å². The molecule has 1 fully saturated rings. The summed E-state index contributed by atoms with van der Waals surface area (Å²) < 4.78 is 15.6. The molecular formula is C31H31N5O3. The van der Waals surface area contributed by atoms with Crippen LogP contribution in [0.3, 0.4) is 0 Å². The molecule has 39 heavy (non-hydrogen) atoms. The van der Waals surface area contributed by atoms with Crippen molar-refractivity contribution in [1.82, 2.24) is 19.4 Å². The Morgan fingerprint density at radius 2 is 1.46 bits per heavy atom. The maximum absolute atomic E-state index is 13.6. The van der Waals surface area contributed by atoms with Gasteiger partial charge in [0, 0.05) is 45.0 Å². The van der Waals surface area contributed by atoms with E-state index in [-0.39, 0.29) is 5.69 Å². The van der Waals surface area contributed by atoms with Crippen LogP contribution in [0.2, 0.25) is 0 Å². The number of nitrogens with zero attached hydrogens (tertiary/aromatic N) is 4. The Morgan fingerprint density at radius 1 is 0.795 bits per heavy atom. The second kappa shape index (κ2) is 11.0. The van der Waals surface area contributed by atoms with Gasteiger partial charge in [-0.05, 0) is 35.4 Å². The molecule has 3 heterocycles. The summed E-state index contributed by atoms with van der Waals surface area (Å²) in [6.45, 7) is 4.47. The number of aromatic nitrogens is 3. The molecule has 6 rings (SSSR count). The first-order valence-corrected chi connectivity index (χ1v) is 13.2. The van der Waals surface area contributed by atoms with Gasteiger partial charge in [-0.2, -0.15) is 4.98 Å². The number of imidazole rings is 1. The van der Waals surface area contributed by atoms with E-state index in [2.05, 4.69) is 22.3 Å². The summed E-state index contributed by atoms with van der Waals surface area (Å²) in [6.07, 6.45) is 0. The minimum absolute atomic E-state index is 0.160. The molecule has 2 aromatic heterocycles. The van der Waals surface area contributed by atoms with Gasteiger partial charge in [-0.3, -0.25) is 9.13 Å². The number of aryl methyl sites for hydroxylation is 1. The van der Waals surface area contributed by atoms with E-state index in [0.717, 1.165) is 54.0 Å². The first-order valence-electron chi connectivity index (χ1n) is 13.2. The van der Waals surface area contributed by atoms with Crippen molar-refractivity contribution in [2.24, 2.45) is 7.05 Å². The molecule has 1 N–H and O–H groups in total. The summed E-state index contributed by atoms with van der Waals surface area (Å²) >= 11 is 0. The normalized spacial score (nSPS) is 13.5. The van der Waals surface area contributed by atoms with Crippen molar-refractivity contribution in [3.63, 3.8) is 0 Å². The van der Waals surface area contributed by atoms with E-state index in [1.807, 2.05) is 72.8 Å². The third-order valence-corrected chi connectivity index (χ3v) is 7.03. The van der Waals surface area contributed by atoms with Crippen molar-refractivity contribution in [3.8, 4) is 17.4 Å². The van der Waals surface area contributed by atoms with Crippen LogP contribution in [0.15, 0.2) is 95.8 Å². The summed E-state index contributed by atoms with van der Waals surface area (Å²) in [7, 11) is 1.80. The number of hydrogen-bond donors (Lipinski definition) is 1. The highest BCUT2D eigenvalue weighted by Crippen LogP contribution is 2.29. The average molecular weight is 522 g/mol. The zero-order valence-corrected chi connectivity index (χ0v) is 21.9. The third-order valence-electron chi connectivity index (χ3n) is 7.03. The average Bonchev–Trinajstić information content (AvgIpc) is 3.25. The molecule has 3 aromatic carbocycles. The maximum Gasteiger partial charge on any atom is 0.333 e. The highest BCUT2D eigenvalue weighted by Gasteiger charge is 2.20. The summed E-state index contributed by atoms with van der Waals surface area (Å²) in [4.78, 5) is 20.6. The van der Waals surface area contributed by atoms with E-state index in [4.69, 9.17) is 14.5 Å². The largest absolute Gasteiger partial charge is 0.473 e. The summed E-state index contributed by atoms with van der Waals surface area (Å²) in [6, 6.07) is 29.7.